The highest BCUT2D eigenvalue weighted by Gasteiger charge is 2.15. The molecule has 0 saturated heterocycles. The molecule has 4 nitrogen and oxygen atoms in total. The predicted molar refractivity (Wildman–Crippen MR) is 81.1 cm³/mol. The number of rotatable bonds is 3. The molecule has 100 valence electrons. The number of hydrogen-bond acceptors (Lipinski definition) is 4. The van der Waals surface area contributed by atoms with Gasteiger partial charge in [0.25, 0.3) is 0 Å². The fraction of sp³-hybridized carbons (Fsp3) is 0.125. The van der Waals surface area contributed by atoms with Crippen LogP contribution < -0.4 is 10.1 Å². The van der Waals surface area contributed by atoms with Gasteiger partial charge in [0.2, 0.25) is 0 Å². The summed E-state index contributed by atoms with van der Waals surface area (Å²) in [4.78, 5) is 8.80. The van der Waals surface area contributed by atoms with Gasteiger partial charge in [-0.1, -0.05) is 30.3 Å². The third kappa shape index (κ3) is 1.95. The van der Waals surface area contributed by atoms with Crippen LogP contribution in [0.4, 0.5) is 5.82 Å². The highest BCUT2D eigenvalue weighted by atomic mass is 16.5. The second-order valence-electron chi connectivity index (χ2n) is 4.37. The average molecular weight is 265 g/mol. The van der Waals surface area contributed by atoms with Crippen LogP contribution in [0.2, 0.25) is 0 Å². The van der Waals surface area contributed by atoms with Crippen molar-refractivity contribution in [2.45, 2.75) is 0 Å². The van der Waals surface area contributed by atoms with Crippen molar-refractivity contribution in [2.24, 2.45) is 0 Å². The molecule has 0 spiro atoms. The lowest BCUT2D eigenvalue weighted by molar-refractivity contribution is 0.417. The van der Waals surface area contributed by atoms with Crippen molar-refractivity contribution in [3.05, 3.63) is 48.8 Å². The fourth-order valence-electron chi connectivity index (χ4n) is 2.37. The topological polar surface area (TPSA) is 47.0 Å². The molecule has 0 atom stereocenters. The SMILES string of the molecule is CNc1nccnc1-c1c(OC)ccc2ccccc12. The van der Waals surface area contributed by atoms with Gasteiger partial charge in [-0.25, -0.2) is 4.98 Å². The van der Waals surface area contributed by atoms with E-state index in [2.05, 4.69) is 27.4 Å². The summed E-state index contributed by atoms with van der Waals surface area (Å²) in [7, 11) is 3.51. The summed E-state index contributed by atoms with van der Waals surface area (Å²) < 4.78 is 5.51. The van der Waals surface area contributed by atoms with E-state index in [1.165, 1.54) is 0 Å². The molecule has 4 heteroatoms. The first-order chi connectivity index (χ1) is 9.85. The van der Waals surface area contributed by atoms with Gasteiger partial charge in [-0.3, -0.25) is 4.98 Å². The van der Waals surface area contributed by atoms with E-state index in [0.717, 1.165) is 33.6 Å². The van der Waals surface area contributed by atoms with E-state index in [9.17, 15) is 0 Å². The predicted octanol–water partition coefficient (Wildman–Crippen LogP) is 3.35. The molecule has 0 unspecified atom stereocenters. The molecule has 0 bridgehead atoms. The van der Waals surface area contributed by atoms with Crippen molar-refractivity contribution in [3.63, 3.8) is 0 Å². The number of fused-ring (bicyclic) bond motifs is 1. The Morgan fingerprint density at radius 1 is 1.00 bits per heavy atom. The van der Waals surface area contributed by atoms with E-state index in [0.29, 0.717) is 0 Å². The molecule has 0 amide bonds. The summed E-state index contributed by atoms with van der Waals surface area (Å²) in [5.41, 5.74) is 1.76. The second-order valence-corrected chi connectivity index (χ2v) is 4.37. The molecule has 3 rings (SSSR count). The Kier molecular flexibility index (Phi) is 3.21. The van der Waals surface area contributed by atoms with Crippen molar-refractivity contribution in [1.29, 1.82) is 0 Å². The lowest BCUT2D eigenvalue weighted by Gasteiger charge is -2.13. The van der Waals surface area contributed by atoms with E-state index in [1.54, 1.807) is 19.5 Å². The van der Waals surface area contributed by atoms with Crippen LogP contribution in [-0.4, -0.2) is 24.1 Å². The van der Waals surface area contributed by atoms with E-state index >= 15 is 0 Å². The first kappa shape index (κ1) is 12.4. The van der Waals surface area contributed by atoms with Crippen molar-refractivity contribution in [3.8, 4) is 17.0 Å². The van der Waals surface area contributed by atoms with E-state index < -0.39 is 0 Å². The molecule has 0 fully saturated rings. The van der Waals surface area contributed by atoms with Crippen LogP contribution in [0.5, 0.6) is 5.75 Å². The van der Waals surface area contributed by atoms with Gasteiger partial charge in [-0.05, 0) is 16.8 Å². The molecule has 1 N–H and O–H groups in total. The maximum absolute atomic E-state index is 5.51. The fourth-order valence-corrected chi connectivity index (χ4v) is 2.37. The van der Waals surface area contributed by atoms with Crippen LogP contribution in [0.3, 0.4) is 0 Å². The van der Waals surface area contributed by atoms with Crippen molar-refractivity contribution in [1.82, 2.24) is 9.97 Å². The molecule has 2 aromatic carbocycles. The Labute approximate surface area is 117 Å². The Bertz CT molecular complexity index is 756. The second kappa shape index (κ2) is 5.17. The Morgan fingerprint density at radius 3 is 2.60 bits per heavy atom. The van der Waals surface area contributed by atoms with Crippen molar-refractivity contribution < 1.29 is 4.74 Å². The van der Waals surface area contributed by atoms with Crippen LogP contribution in [0, 0.1) is 0 Å². The summed E-state index contributed by atoms with van der Waals surface area (Å²) in [6, 6.07) is 12.2. The summed E-state index contributed by atoms with van der Waals surface area (Å²) in [6.07, 6.45) is 3.37. The van der Waals surface area contributed by atoms with Crippen molar-refractivity contribution in [2.75, 3.05) is 19.5 Å². The average Bonchev–Trinajstić information content (AvgIpc) is 2.53. The minimum Gasteiger partial charge on any atom is -0.496 e. The van der Waals surface area contributed by atoms with Gasteiger partial charge in [-0.2, -0.15) is 0 Å². The van der Waals surface area contributed by atoms with Gasteiger partial charge in [-0.15, -0.1) is 0 Å². The van der Waals surface area contributed by atoms with Gasteiger partial charge >= 0.3 is 0 Å². The Morgan fingerprint density at radius 2 is 1.80 bits per heavy atom. The van der Waals surface area contributed by atoms with Gasteiger partial charge in [0.1, 0.15) is 11.4 Å². The first-order valence-electron chi connectivity index (χ1n) is 6.40. The standard InChI is InChI=1S/C16H15N3O/c1-17-16-15(18-9-10-19-16)14-12-6-4-3-5-11(12)7-8-13(14)20-2/h3-10H,1-2H3,(H,17,19). The molecule has 0 aliphatic rings. The number of ether oxygens (including phenoxy) is 1. The van der Waals surface area contributed by atoms with Crippen LogP contribution in [0.25, 0.3) is 22.0 Å². The normalized spacial score (nSPS) is 10.5. The molecule has 0 aliphatic carbocycles. The number of anilines is 1. The summed E-state index contributed by atoms with van der Waals surface area (Å²) >= 11 is 0. The number of hydrogen-bond donors (Lipinski definition) is 1. The molecule has 0 aliphatic heterocycles. The molecular formula is C16H15N3O. The van der Waals surface area contributed by atoms with Crippen LogP contribution in [0.1, 0.15) is 0 Å². The van der Waals surface area contributed by atoms with E-state index in [4.69, 9.17) is 4.74 Å². The van der Waals surface area contributed by atoms with Crippen molar-refractivity contribution >= 4 is 16.6 Å². The molecule has 1 heterocycles. The van der Waals surface area contributed by atoms with Crippen LogP contribution in [0.15, 0.2) is 48.8 Å². The Balaban J connectivity index is 2.39. The lowest BCUT2D eigenvalue weighted by atomic mass is 10.0. The van der Waals surface area contributed by atoms with Crippen LogP contribution in [-0.2, 0) is 0 Å². The minimum absolute atomic E-state index is 0.738. The number of aromatic nitrogens is 2. The highest BCUT2D eigenvalue weighted by Crippen LogP contribution is 2.38. The maximum Gasteiger partial charge on any atom is 0.152 e. The van der Waals surface area contributed by atoms with Gasteiger partial charge in [0.15, 0.2) is 5.82 Å². The number of nitrogens with one attached hydrogen (secondary N) is 1. The zero-order chi connectivity index (χ0) is 13.9. The van der Waals surface area contributed by atoms with E-state index in [-0.39, 0.29) is 0 Å². The number of methoxy groups -OCH3 is 1. The molecule has 1 aromatic heterocycles. The highest BCUT2D eigenvalue weighted by molar-refractivity contribution is 6.00. The number of nitrogens with zero attached hydrogens (tertiary/aromatic N) is 2. The largest absolute Gasteiger partial charge is 0.496 e. The molecule has 0 radical (unpaired) electrons. The quantitative estimate of drug-likeness (QED) is 0.789. The third-order valence-electron chi connectivity index (χ3n) is 3.28. The molecule has 0 saturated carbocycles. The zero-order valence-corrected chi connectivity index (χ0v) is 11.4. The zero-order valence-electron chi connectivity index (χ0n) is 11.4. The van der Waals surface area contributed by atoms with Crippen LogP contribution >= 0.6 is 0 Å². The monoisotopic (exact) mass is 265 g/mol. The Hall–Kier alpha value is -2.62. The maximum atomic E-state index is 5.51. The lowest BCUT2D eigenvalue weighted by Crippen LogP contribution is -1.99. The third-order valence-corrected chi connectivity index (χ3v) is 3.28. The first-order valence-corrected chi connectivity index (χ1v) is 6.40. The van der Waals surface area contributed by atoms with Gasteiger partial charge < -0.3 is 10.1 Å². The summed E-state index contributed by atoms with van der Waals surface area (Å²) in [5.74, 6) is 1.53. The number of benzene rings is 2. The molecule has 3 aromatic rings. The minimum atomic E-state index is 0.738. The van der Waals surface area contributed by atoms with Gasteiger partial charge in [0, 0.05) is 19.4 Å². The van der Waals surface area contributed by atoms with Gasteiger partial charge in [0.05, 0.1) is 12.7 Å². The molecule has 20 heavy (non-hydrogen) atoms. The summed E-state index contributed by atoms with van der Waals surface area (Å²) in [5, 5.41) is 5.33. The molecular weight excluding hydrogens is 250 g/mol. The van der Waals surface area contributed by atoms with E-state index in [1.807, 2.05) is 31.3 Å². The summed E-state index contributed by atoms with van der Waals surface area (Å²) in [6.45, 7) is 0. The smallest absolute Gasteiger partial charge is 0.152 e.